The van der Waals surface area contributed by atoms with Crippen molar-refractivity contribution in [3.05, 3.63) is 52.4 Å². The van der Waals surface area contributed by atoms with Gasteiger partial charge in [0.2, 0.25) is 0 Å². The molecule has 0 amide bonds. The minimum atomic E-state index is -3.69. The van der Waals surface area contributed by atoms with E-state index in [1.807, 2.05) is 6.07 Å². The number of sulfonamides is 1. The van der Waals surface area contributed by atoms with Crippen LogP contribution >= 0.6 is 15.9 Å². The average Bonchev–Trinajstić information content (AvgIpc) is 2.82. The summed E-state index contributed by atoms with van der Waals surface area (Å²) in [6.45, 7) is 0.346. The minimum Gasteiger partial charge on any atom is -0.249 e. The zero-order valence-corrected chi connectivity index (χ0v) is 12.7. The first-order valence-electron chi connectivity index (χ1n) is 5.91. The predicted molar refractivity (Wildman–Crippen MR) is 76.6 cm³/mol. The summed E-state index contributed by atoms with van der Waals surface area (Å²) in [6.07, 6.45) is 2.18. The molecule has 2 heterocycles. The van der Waals surface area contributed by atoms with E-state index >= 15 is 0 Å². The van der Waals surface area contributed by atoms with Crippen molar-refractivity contribution < 1.29 is 12.8 Å². The summed E-state index contributed by atoms with van der Waals surface area (Å²) < 4.78 is 40.1. The van der Waals surface area contributed by atoms with Gasteiger partial charge in [0.15, 0.2) is 0 Å². The molecule has 1 aromatic heterocycles. The second-order valence-corrected chi connectivity index (χ2v) is 7.20. The van der Waals surface area contributed by atoms with Crippen molar-refractivity contribution in [2.45, 2.75) is 11.3 Å². The number of hydrogen-bond acceptors (Lipinski definition) is 3. The van der Waals surface area contributed by atoms with Crippen LogP contribution < -0.4 is 4.31 Å². The van der Waals surface area contributed by atoms with Crippen LogP contribution in [0.25, 0.3) is 0 Å². The van der Waals surface area contributed by atoms with Gasteiger partial charge in [-0.25, -0.2) is 22.1 Å². The number of anilines is 1. The molecule has 2 aromatic rings. The third kappa shape index (κ3) is 2.20. The van der Waals surface area contributed by atoms with Crippen LogP contribution in [0, 0.1) is 5.82 Å². The summed E-state index contributed by atoms with van der Waals surface area (Å²) in [7, 11) is -3.69. The van der Waals surface area contributed by atoms with Crippen molar-refractivity contribution in [1.29, 1.82) is 0 Å². The highest BCUT2D eigenvalue weighted by Crippen LogP contribution is 2.32. The molecule has 20 heavy (non-hydrogen) atoms. The van der Waals surface area contributed by atoms with E-state index in [0.717, 1.165) is 22.2 Å². The Labute approximate surface area is 124 Å². The maximum atomic E-state index is 12.9. The van der Waals surface area contributed by atoms with Gasteiger partial charge in [0.1, 0.15) is 11.6 Å². The van der Waals surface area contributed by atoms with Gasteiger partial charge in [0, 0.05) is 17.2 Å². The highest BCUT2D eigenvalue weighted by atomic mass is 79.9. The van der Waals surface area contributed by atoms with Crippen molar-refractivity contribution in [3.8, 4) is 0 Å². The second kappa shape index (κ2) is 4.82. The number of nitrogens with zero attached hydrogens (tertiary/aromatic N) is 2. The molecule has 0 N–H and O–H groups in total. The van der Waals surface area contributed by atoms with E-state index in [1.54, 1.807) is 6.20 Å². The summed E-state index contributed by atoms with van der Waals surface area (Å²) in [6, 6.07) is 6.67. The van der Waals surface area contributed by atoms with E-state index in [0.29, 0.717) is 18.8 Å². The molecule has 0 spiro atoms. The molecule has 0 saturated heterocycles. The summed E-state index contributed by atoms with van der Waals surface area (Å²) in [5.41, 5.74) is 0.880. The summed E-state index contributed by atoms with van der Waals surface area (Å²) in [4.78, 5) is 4.24. The van der Waals surface area contributed by atoms with Crippen LogP contribution in [0.1, 0.15) is 5.56 Å². The first-order chi connectivity index (χ1) is 9.48. The maximum Gasteiger partial charge on any atom is 0.265 e. The maximum absolute atomic E-state index is 12.9. The van der Waals surface area contributed by atoms with Crippen molar-refractivity contribution >= 4 is 31.8 Å². The van der Waals surface area contributed by atoms with Crippen LogP contribution in [0.5, 0.6) is 0 Å². The van der Waals surface area contributed by atoms with Gasteiger partial charge in [0.05, 0.1) is 4.90 Å². The van der Waals surface area contributed by atoms with Gasteiger partial charge < -0.3 is 0 Å². The van der Waals surface area contributed by atoms with Gasteiger partial charge in [0.25, 0.3) is 10.0 Å². The largest absolute Gasteiger partial charge is 0.265 e. The number of benzene rings is 1. The van der Waals surface area contributed by atoms with Gasteiger partial charge in [-0.2, -0.15) is 0 Å². The molecule has 0 saturated carbocycles. The summed E-state index contributed by atoms with van der Waals surface area (Å²) in [5, 5.41) is 0. The van der Waals surface area contributed by atoms with Gasteiger partial charge in [-0.05, 0) is 58.2 Å². The molecule has 0 fully saturated rings. The number of fused-ring (bicyclic) bond motifs is 1. The van der Waals surface area contributed by atoms with E-state index in [4.69, 9.17) is 0 Å². The van der Waals surface area contributed by atoms with Crippen molar-refractivity contribution in [3.63, 3.8) is 0 Å². The first kappa shape index (κ1) is 13.5. The van der Waals surface area contributed by atoms with E-state index in [9.17, 15) is 12.8 Å². The molecule has 1 aliphatic heterocycles. The molecule has 3 rings (SSSR count). The molecule has 0 unspecified atom stereocenters. The van der Waals surface area contributed by atoms with Crippen LogP contribution in [0.2, 0.25) is 0 Å². The molecule has 7 heteroatoms. The average molecular weight is 357 g/mol. The highest BCUT2D eigenvalue weighted by molar-refractivity contribution is 9.10. The third-order valence-corrected chi connectivity index (χ3v) is 5.37. The van der Waals surface area contributed by atoms with Crippen LogP contribution in [0.4, 0.5) is 10.2 Å². The third-order valence-electron chi connectivity index (χ3n) is 3.13. The SMILES string of the molecule is O=S(=O)(c1ccc(F)cc1)N1CCc2cc(Br)cnc21. The monoisotopic (exact) mass is 356 g/mol. The Kier molecular flexibility index (Phi) is 3.25. The smallest absolute Gasteiger partial charge is 0.249 e. The molecule has 4 nitrogen and oxygen atoms in total. The highest BCUT2D eigenvalue weighted by Gasteiger charge is 2.32. The lowest BCUT2D eigenvalue weighted by Gasteiger charge is -2.18. The van der Waals surface area contributed by atoms with E-state index in [2.05, 4.69) is 20.9 Å². The summed E-state index contributed by atoms with van der Waals surface area (Å²) in [5.74, 6) is -0.0228. The molecule has 1 aliphatic rings. The van der Waals surface area contributed by atoms with Crippen LogP contribution in [-0.4, -0.2) is 19.9 Å². The molecule has 0 radical (unpaired) electrons. The Morgan fingerprint density at radius 3 is 2.65 bits per heavy atom. The molecule has 1 aromatic carbocycles. The fourth-order valence-electron chi connectivity index (χ4n) is 2.18. The lowest BCUT2D eigenvalue weighted by molar-refractivity contribution is 0.590. The van der Waals surface area contributed by atoms with Gasteiger partial charge in [-0.15, -0.1) is 0 Å². The van der Waals surface area contributed by atoms with E-state index < -0.39 is 15.8 Å². The van der Waals surface area contributed by atoms with Crippen molar-refractivity contribution in [2.75, 3.05) is 10.8 Å². The Balaban J connectivity index is 2.05. The van der Waals surface area contributed by atoms with E-state index in [1.165, 1.54) is 16.4 Å². The summed E-state index contributed by atoms with van der Waals surface area (Å²) >= 11 is 3.32. The number of rotatable bonds is 2. The van der Waals surface area contributed by atoms with Crippen LogP contribution in [-0.2, 0) is 16.4 Å². The lowest BCUT2D eigenvalue weighted by atomic mass is 10.2. The normalized spacial score (nSPS) is 14.4. The molecular formula is C13H10BrFN2O2S. The predicted octanol–water partition coefficient (Wildman–Crippen LogP) is 2.73. The molecule has 0 aliphatic carbocycles. The van der Waals surface area contributed by atoms with Crippen LogP contribution in [0.3, 0.4) is 0 Å². The fraction of sp³-hybridized carbons (Fsp3) is 0.154. The number of halogens is 2. The van der Waals surface area contributed by atoms with Gasteiger partial charge in [-0.3, -0.25) is 0 Å². The lowest BCUT2D eigenvalue weighted by Crippen LogP contribution is -2.29. The number of aromatic nitrogens is 1. The Bertz CT molecular complexity index is 762. The Hall–Kier alpha value is -1.47. The topological polar surface area (TPSA) is 50.3 Å². The Morgan fingerprint density at radius 1 is 1.25 bits per heavy atom. The number of hydrogen-bond donors (Lipinski definition) is 0. The van der Waals surface area contributed by atoms with Gasteiger partial charge >= 0.3 is 0 Å². The zero-order valence-electron chi connectivity index (χ0n) is 10.3. The van der Waals surface area contributed by atoms with Crippen molar-refractivity contribution in [2.24, 2.45) is 0 Å². The number of pyridine rings is 1. The quantitative estimate of drug-likeness (QED) is 0.831. The van der Waals surface area contributed by atoms with Crippen molar-refractivity contribution in [1.82, 2.24) is 4.98 Å². The zero-order chi connectivity index (χ0) is 14.3. The fourth-order valence-corrected chi connectivity index (χ4v) is 4.02. The molecule has 0 atom stereocenters. The Morgan fingerprint density at radius 2 is 1.95 bits per heavy atom. The molecule has 0 bridgehead atoms. The van der Waals surface area contributed by atoms with Gasteiger partial charge in [-0.1, -0.05) is 0 Å². The molecule has 104 valence electrons. The molecular weight excluding hydrogens is 347 g/mol. The standard InChI is InChI=1S/C13H10BrFN2O2S/c14-10-7-9-5-6-17(13(9)16-8-10)20(18,19)12-3-1-11(15)2-4-12/h1-4,7-8H,5-6H2. The second-order valence-electron chi connectivity index (χ2n) is 4.42. The van der Waals surface area contributed by atoms with E-state index in [-0.39, 0.29) is 4.90 Å². The first-order valence-corrected chi connectivity index (χ1v) is 8.14. The minimum absolute atomic E-state index is 0.0662. The van der Waals surface area contributed by atoms with Crippen LogP contribution in [0.15, 0.2) is 45.9 Å².